The van der Waals surface area contributed by atoms with Gasteiger partial charge in [0.2, 0.25) is 0 Å². The molecule has 0 saturated carbocycles. The molecule has 132 valence electrons. The molecule has 0 saturated heterocycles. The number of halogens is 1. The van der Waals surface area contributed by atoms with Crippen LogP contribution in [0.1, 0.15) is 11.8 Å². The van der Waals surface area contributed by atoms with Gasteiger partial charge in [-0.2, -0.15) is 0 Å². The Bertz CT molecular complexity index is 1100. The zero-order chi connectivity index (χ0) is 18.1. The molecule has 7 heteroatoms. The van der Waals surface area contributed by atoms with E-state index in [2.05, 4.69) is 11.9 Å². The van der Waals surface area contributed by atoms with Gasteiger partial charge in [-0.1, -0.05) is 19.1 Å². The lowest BCUT2D eigenvalue weighted by Gasteiger charge is -2.10. The Morgan fingerprint density at radius 1 is 1.23 bits per heavy atom. The number of hydrogen-bond donors (Lipinski definition) is 0. The van der Waals surface area contributed by atoms with Crippen LogP contribution in [0.25, 0.3) is 32.2 Å². The molecular weight excluding hydrogens is 369 g/mol. The first kappa shape index (κ1) is 17.1. The second-order valence-electron chi connectivity index (χ2n) is 5.71. The Kier molecular flexibility index (Phi) is 4.65. The second-order valence-corrected chi connectivity index (χ2v) is 7.74. The smallest absolute Gasteiger partial charge is 0.263 e. The zero-order valence-corrected chi connectivity index (χ0v) is 15.7. The van der Waals surface area contributed by atoms with Crippen molar-refractivity contribution in [2.75, 3.05) is 6.67 Å². The van der Waals surface area contributed by atoms with Gasteiger partial charge < -0.3 is 0 Å². The fraction of sp³-hybridized carbons (Fsp3) is 0.211. The molecule has 4 aromatic rings. The number of nitrogens with zero attached hydrogens (tertiary/aromatic N) is 3. The Morgan fingerprint density at radius 2 is 2.12 bits per heavy atom. The van der Waals surface area contributed by atoms with Gasteiger partial charge in [-0.3, -0.25) is 14.3 Å². The van der Waals surface area contributed by atoms with Crippen LogP contribution in [0.3, 0.4) is 0 Å². The molecule has 0 spiro atoms. The van der Waals surface area contributed by atoms with Crippen LogP contribution in [0.2, 0.25) is 0 Å². The van der Waals surface area contributed by atoms with Gasteiger partial charge in [-0.05, 0) is 30.0 Å². The van der Waals surface area contributed by atoms with Gasteiger partial charge in [0, 0.05) is 21.5 Å². The van der Waals surface area contributed by atoms with Gasteiger partial charge in [0.15, 0.2) is 5.82 Å². The quantitative estimate of drug-likeness (QED) is 0.497. The van der Waals surface area contributed by atoms with Gasteiger partial charge in [-0.25, -0.2) is 9.37 Å². The molecule has 0 aromatic carbocycles. The number of aromatic nitrogens is 3. The number of alkyl halides is 1. The van der Waals surface area contributed by atoms with E-state index < -0.39 is 6.67 Å². The average molecular weight is 385 g/mol. The number of rotatable bonds is 5. The molecule has 0 amide bonds. The molecule has 4 nitrogen and oxygen atoms in total. The van der Waals surface area contributed by atoms with Crippen molar-refractivity contribution < 1.29 is 4.39 Å². The summed E-state index contributed by atoms with van der Waals surface area (Å²) < 4.78 is 14.6. The predicted octanol–water partition coefficient (Wildman–Crippen LogP) is 4.78. The standard InChI is InChI=1S/C19H16FN3OS2/c1-2-13-15(14-7-5-11-25-14)16-18(26-13)22-17(12-6-3-4-9-21-12)23(10-8-20)19(16)24/h3-7,9,11H,2,8,10H2,1H3. The van der Waals surface area contributed by atoms with Crippen molar-refractivity contribution in [2.24, 2.45) is 0 Å². The Balaban J connectivity index is 2.08. The summed E-state index contributed by atoms with van der Waals surface area (Å²) in [5.74, 6) is 0.419. The van der Waals surface area contributed by atoms with Gasteiger partial charge in [0.25, 0.3) is 5.56 Å². The Morgan fingerprint density at radius 3 is 2.77 bits per heavy atom. The molecule has 0 aliphatic rings. The summed E-state index contributed by atoms with van der Waals surface area (Å²) in [6, 6.07) is 9.41. The van der Waals surface area contributed by atoms with Crippen LogP contribution in [0.4, 0.5) is 4.39 Å². The molecule has 0 atom stereocenters. The van der Waals surface area contributed by atoms with Crippen molar-refractivity contribution in [3.05, 3.63) is 57.1 Å². The number of thiophene rings is 2. The highest BCUT2D eigenvalue weighted by molar-refractivity contribution is 7.20. The highest BCUT2D eigenvalue weighted by Gasteiger charge is 2.22. The largest absolute Gasteiger partial charge is 0.288 e. The van der Waals surface area contributed by atoms with Gasteiger partial charge in [0.05, 0.1) is 11.9 Å². The molecule has 0 N–H and O–H groups in total. The monoisotopic (exact) mass is 385 g/mol. The van der Waals surface area contributed by atoms with Crippen LogP contribution in [-0.4, -0.2) is 21.2 Å². The van der Waals surface area contributed by atoms with Crippen molar-refractivity contribution in [3.63, 3.8) is 0 Å². The van der Waals surface area contributed by atoms with Gasteiger partial charge in [-0.15, -0.1) is 22.7 Å². The van der Waals surface area contributed by atoms with E-state index in [1.54, 1.807) is 29.7 Å². The molecule has 0 aliphatic heterocycles. The SMILES string of the molecule is CCc1sc2nc(-c3ccccn3)n(CCF)c(=O)c2c1-c1cccs1. The van der Waals surface area contributed by atoms with Crippen molar-refractivity contribution in [2.45, 2.75) is 19.9 Å². The maximum Gasteiger partial charge on any atom is 0.263 e. The first-order valence-corrected chi connectivity index (χ1v) is 10.0. The summed E-state index contributed by atoms with van der Waals surface area (Å²) in [6.07, 6.45) is 2.46. The molecule has 0 radical (unpaired) electrons. The number of hydrogen-bond acceptors (Lipinski definition) is 5. The van der Waals surface area contributed by atoms with Gasteiger partial charge in [0.1, 0.15) is 17.2 Å². The van der Waals surface area contributed by atoms with Crippen LogP contribution >= 0.6 is 22.7 Å². The maximum absolute atomic E-state index is 13.3. The summed E-state index contributed by atoms with van der Waals surface area (Å²) in [5.41, 5.74) is 1.32. The van der Waals surface area contributed by atoms with Crippen LogP contribution in [0.5, 0.6) is 0 Å². The van der Waals surface area contributed by atoms with Crippen molar-refractivity contribution in [1.82, 2.24) is 14.5 Å². The average Bonchev–Trinajstić information content (AvgIpc) is 3.31. The molecule has 4 rings (SSSR count). The van der Waals surface area contributed by atoms with E-state index in [0.29, 0.717) is 21.7 Å². The highest BCUT2D eigenvalue weighted by Crippen LogP contribution is 2.39. The molecular formula is C19H16FN3OS2. The zero-order valence-electron chi connectivity index (χ0n) is 14.1. The first-order chi connectivity index (χ1) is 12.7. The van der Waals surface area contributed by atoms with E-state index in [4.69, 9.17) is 4.98 Å². The number of fused-ring (bicyclic) bond motifs is 1. The normalized spacial score (nSPS) is 11.3. The van der Waals surface area contributed by atoms with Crippen LogP contribution in [0, 0.1) is 0 Å². The minimum absolute atomic E-state index is 0.0329. The van der Waals surface area contributed by atoms with Crippen molar-refractivity contribution in [3.8, 4) is 22.0 Å². The minimum Gasteiger partial charge on any atom is -0.288 e. The Hall–Kier alpha value is -2.38. The summed E-state index contributed by atoms with van der Waals surface area (Å²) in [7, 11) is 0. The number of pyridine rings is 1. The second kappa shape index (κ2) is 7.09. The molecule has 0 bridgehead atoms. The van der Waals surface area contributed by atoms with E-state index in [-0.39, 0.29) is 12.1 Å². The minimum atomic E-state index is -0.633. The highest BCUT2D eigenvalue weighted by atomic mass is 32.1. The fourth-order valence-corrected chi connectivity index (χ4v) is 5.03. The molecule has 26 heavy (non-hydrogen) atoms. The summed E-state index contributed by atoms with van der Waals surface area (Å²) in [6.45, 7) is 1.41. The van der Waals surface area contributed by atoms with Crippen LogP contribution in [0.15, 0.2) is 46.7 Å². The summed E-state index contributed by atoms with van der Waals surface area (Å²) in [5, 5.41) is 2.58. The van der Waals surface area contributed by atoms with E-state index in [1.165, 1.54) is 15.9 Å². The third kappa shape index (κ3) is 2.77. The molecule has 4 heterocycles. The lowest BCUT2D eigenvalue weighted by atomic mass is 10.1. The molecule has 0 fully saturated rings. The van der Waals surface area contributed by atoms with E-state index in [0.717, 1.165) is 21.7 Å². The lowest BCUT2D eigenvalue weighted by molar-refractivity contribution is 0.441. The molecule has 4 aromatic heterocycles. The first-order valence-electron chi connectivity index (χ1n) is 8.32. The third-order valence-electron chi connectivity index (χ3n) is 4.18. The van der Waals surface area contributed by atoms with Crippen LogP contribution < -0.4 is 5.56 Å². The predicted molar refractivity (Wildman–Crippen MR) is 106 cm³/mol. The van der Waals surface area contributed by atoms with Crippen molar-refractivity contribution in [1.29, 1.82) is 0 Å². The summed E-state index contributed by atoms with van der Waals surface area (Å²) >= 11 is 3.13. The van der Waals surface area contributed by atoms with E-state index >= 15 is 0 Å². The Labute approximate surface area is 157 Å². The summed E-state index contributed by atoms with van der Waals surface area (Å²) in [4.78, 5) is 25.2. The third-order valence-corrected chi connectivity index (χ3v) is 6.29. The number of aryl methyl sites for hydroxylation is 1. The fourth-order valence-electron chi connectivity index (χ4n) is 3.04. The van der Waals surface area contributed by atoms with Gasteiger partial charge >= 0.3 is 0 Å². The van der Waals surface area contributed by atoms with Crippen molar-refractivity contribution >= 4 is 32.9 Å². The molecule has 0 unspecified atom stereocenters. The lowest BCUT2D eigenvalue weighted by Crippen LogP contribution is -2.24. The van der Waals surface area contributed by atoms with E-state index in [9.17, 15) is 9.18 Å². The van der Waals surface area contributed by atoms with E-state index in [1.807, 2.05) is 23.6 Å². The topological polar surface area (TPSA) is 47.8 Å². The van der Waals surface area contributed by atoms with Crippen LogP contribution in [-0.2, 0) is 13.0 Å². The molecule has 0 aliphatic carbocycles. The maximum atomic E-state index is 13.3.